The number of imide groups is 1. The molecule has 1 aliphatic heterocycles. The zero-order chi connectivity index (χ0) is 12.6. The van der Waals surface area contributed by atoms with E-state index in [0.717, 1.165) is 12.8 Å². The van der Waals surface area contributed by atoms with E-state index in [0.29, 0.717) is 19.4 Å². The van der Waals surface area contributed by atoms with Gasteiger partial charge in [-0.25, -0.2) is 4.79 Å². The lowest BCUT2D eigenvalue weighted by Crippen LogP contribution is -2.40. The molecule has 0 aromatic rings. The number of carbonyl (C=O) groups excluding carboxylic acids is 3. The molecule has 1 N–H and O–H groups in total. The number of rotatable bonds is 3. The van der Waals surface area contributed by atoms with E-state index < -0.39 is 5.54 Å². The Balaban J connectivity index is 1.93. The number of Topliss-reactive ketones (excluding diaryl/α,β-unsaturated/α-hetero) is 1. The summed E-state index contributed by atoms with van der Waals surface area (Å²) in [5.41, 5.74) is -0.809. The van der Waals surface area contributed by atoms with Gasteiger partial charge in [-0.15, -0.1) is 0 Å². The first-order valence-electron chi connectivity index (χ1n) is 6.08. The van der Waals surface area contributed by atoms with Gasteiger partial charge < -0.3 is 5.32 Å². The van der Waals surface area contributed by atoms with Crippen molar-refractivity contribution in [2.24, 2.45) is 5.92 Å². The number of hydrogen-bond acceptors (Lipinski definition) is 3. The molecule has 94 valence electrons. The number of carbonyl (C=O) groups is 3. The molecule has 2 rings (SSSR count). The third kappa shape index (κ3) is 2.18. The van der Waals surface area contributed by atoms with E-state index >= 15 is 0 Å². The number of hydrogen-bond donors (Lipinski definition) is 1. The molecule has 5 nitrogen and oxygen atoms in total. The van der Waals surface area contributed by atoms with Crippen LogP contribution in [-0.4, -0.2) is 34.7 Å². The average molecular weight is 238 g/mol. The minimum atomic E-state index is -0.809. The van der Waals surface area contributed by atoms with Crippen LogP contribution in [0.15, 0.2) is 0 Å². The first-order valence-corrected chi connectivity index (χ1v) is 6.08. The van der Waals surface area contributed by atoms with Gasteiger partial charge in [0.2, 0.25) is 0 Å². The normalized spacial score (nSPS) is 27.8. The van der Waals surface area contributed by atoms with Gasteiger partial charge in [0.15, 0.2) is 0 Å². The molecule has 3 amide bonds. The van der Waals surface area contributed by atoms with Gasteiger partial charge >= 0.3 is 6.03 Å². The maximum Gasteiger partial charge on any atom is 0.325 e. The fraction of sp³-hybridized carbons (Fsp3) is 0.750. The Morgan fingerprint density at radius 1 is 1.35 bits per heavy atom. The Bertz CT molecular complexity index is 376. The van der Waals surface area contributed by atoms with Gasteiger partial charge in [-0.3, -0.25) is 14.5 Å². The molecule has 1 saturated heterocycles. The van der Waals surface area contributed by atoms with E-state index in [1.54, 1.807) is 13.8 Å². The second-order valence-corrected chi connectivity index (χ2v) is 5.36. The van der Waals surface area contributed by atoms with Crippen molar-refractivity contribution in [1.29, 1.82) is 0 Å². The highest BCUT2D eigenvalue weighted by molar-refractivity contribution is 6.06. The number of amides is 3. The summed E-state index contributed by atoms with van der Waals surface area (Å²) < 4.78 is 0. The smallest absolute Gasteiger partial charge is 0.324 e. The largest absolute Gasteiger partial charge is 0.325 e. The quantitative estimate of drug-likeness (QED) is 0.748. The van der Waals surface area contributed by atoms with Gasteiger partial charge in [-0.1, -0.05) is 0 Å². The lowest BCUT2D eigenvalue weighted by Gasteiger charge is -2.17. The first kappa shape index (κ1) is 12.1. The summed E-state index contributed by atoms with van der Waals surface area (Å²) in [6, 6.07) is -0.342. The predicted octanol–water partition coefficient (Wildman–Crippen LogP) is 1.08. The highest BCUT2D eigenvalue weighted by atomic mass is 16.2. The standard InChI is InChI=1S/C12H18N2O3/c1-12(2)10(16)14(11(17)13-12)7-6-8-4-3-5-9(8)15/h8H,3-7H2,1-2H3,(H,13,17). The predicted molar refractivity (Wildman–Crippen MR) is 61.3 cm³/mol. The molecule has 1 saturated carbocycles. The summed E-state index contributed by atoms with van der Waals surface area (Å²) in [6.45, 7) is 3.73. The molecule has 17 heavy (non-hydrogen) atoms. The van der Waals surface area contributed by atoms with Gasteiger partial charge in [-0.05, 0) is 33.1 Å². The van der Waals surface area contributed by atoms with Crippen LogP contribution in [0, 0.1) is 5.92 Å². The van der Waals surface area contributed by atoms with E-state index in [1.165, 1.54) is 4.90 Å². The summed E-state index contributed by atoms with van der Waals surface area (Å²) in [6.07, 6.45) is 3.09. The summed E-state index contributed by atoms with van der Waals surface area (Å²) in [5, 5.41) is 2.63. The maximum atomic E-state index is 11.9. The summed E-state index contributed by atoms with van der Waals surface area (Å²) in [5.74, 6) is 0.114. The fourth-order valence-electron chi connectivity index (χ4n) is 2.50. The third-order valence-corrected chi connectivity index (χ3v) is 3.58. The van der Waals surface area contributed by atoms with Gasteiger partial charge in [-0.2, -0.15) is 0 Å². The molecule has 1 heterocycles. The van der Waals surface area contributed by atoms with Crippen molar-refractivity contribution < 1.29 is 14.4 Å². The van der Waals surface area contributed by atoms with E-state index in [1.807, 2.05) is 0 Å². The highest BCUT2D eigenvalue weighted by Gasteiger charge is 2.44. The van der Waals surface area contributed by atoms with Crippen molar-refractivity contribution in [3.05, 3.63) is 0 Å². The molecule has 0 spiro atoms. The summed E-state index contributed by atoms with van der Waals surface area (Å²) in [7, 11) is 0. The maximum absolute atomic E-state index is 11.9. The molecule has 2 aliphatic rings. The van der Waals surface area contributed by atoms with Gasteiger partial charge in [0.05, 0.1) is 0 Å². The second-order valence-electron chi connectivity index (χ2n) is 5.36. The SMILES string of the molecule is CC1(C)NC(=O)N(CCC2CCCC2=O)C1=O. The molecule has 1 aliphatic carbocycles. The van der Waals surface area contributed by atoms with E-state index in [2.05, 4.69) is 5.32 Å². The number of urea groups is 1. The number of nitrogens with zero attached hydrogens (tertiary/aromatic N) is 1. The highest BCUT2D eigenvalue weighted by Crippen LogP contribution is 2.25. The van der Waals surface area contributed by atoms with Crippen LogP contribution in [-0.2, 0) is 9.59 Å². The third-order valence-electron chi connectivity index (χ3n) is 3.58. The zero-order valence-corrected chi connectivity index (χ0v) is 10.3. The van der Waals surface area contributed by atoms with Crippen LogP contribution in [0.4, 0.5) is 4.79 Å². The van der Waals surface area contributed by atoms with Crippen LogP contribution in [0.25, 0.3) is 0 Å². The molecule has 1 atom stereocenters. The number of nitrogens with one attached hydrogen (secondary N) is 1. The van der Waals surface area contributed by atoms with Crippen molar-refractivity contribution in [2.75, 3.05) is 6.54 Å². The van der Waals surface area contributed by atoms with E-state index in [4.69, 9.17) is 0 Å². The Morgan fingerprint density at radius 3 is 2.53 bits per heavy atom. The summed E-state index contributed by atoms with van der Waals surface area (Å²) >= 11 is 0. The molecular weight excluding hydrogens is 220 g/mol. The molecule has 0 bridgehead atoms. The van der Waals surface area contributed by atoms with Crippen molar-refractivity contribution in [2.45, 2.75) is 45.1 Å². The van der Waals surface area contributed by atoms with Crippen LogP contribution in [0.1, 0.15) is 39.5 Å². The molecule has 5 heteroatoms. The van der Waals surface area contributed by atoms with Crippen LogP contribution >= 0.6 is 0 Å². The van der Waals surface area contributed by atoms with E-state index in [9.17, 15) is 14.4 Å². The van der Waals surface area contributed by atoms with Crippen molar-refractivity contribution in [3.8, 4) is 0 Å². The van der Waals surface area contributed by atoms with Crippen molar-refractivity contribution >= 4 is 17.7 Å². The topological polar surface area (TPSA) is 66.5 Å². The van der Waals surface area contributed by atoms with Gasteiger partial charge in [0.1, 0.15) is 11.3 Å². The number of ketones is 1. The molecule has 1 unspecified atom stereocenters. The van der Waals surface area contributed by atoms with Crippen LogP contribution in [0.3, 0.4) is 0 Å². The van der Waals surface area contributed by atoms with Crippen LogP contribution < -0.4 is 5.32 Å². The Kier molecular flexibility index (Phi) is 2.93. The van der Waals surface area contributed by atoms with Crippen LogP contribution in [0.5, 0.6) is 0 Å². The van der Waals surface area contributed by atoms with Crippen LogP contribution in [0.2, 0.25) is 0 Å². The fourth-order valence-corrected chi connectivity index (χ4v) is 2.50. The zero-order valence-electron chi connectivity index (χ0n) is 10.3. The molecular formula is C12H18N2O3. The van der Waals surface area contributed by atoms with E-state index in [-0.39, 0.29) is 23.6 Å². The minimum absolute atomic E-state index is 0.0410. The monoisotopic (exact) mass is 238 g/mol. The first-order chi connectivity index (χ1) is 7.92. The molecule has 0 aromatic heterocycles. The summed E-state index contributed by atoms with van der Waals surface area (Å²) in [4.78, 5) is 36.2. The average Bonchev–Trinajstić information content (AvgIpc) is 2.70. The Labute approximate surface area is 101 Å². The molecule has 0 aromatic carbocycles. The Hall–Kier alpha value is -1.39. The molecule has 2 fully saturated rings. The van der Waals surface area contributed by atoms with Gasteiger partial charge in [0, 0.05) is 18.9 Å². The Morgan fingerprint density at radius 2 is 2.06 bits per heavy atom. The molecule has 0 radical (unpaired) electrons. The minimum Gasteiger partial charge on any atom is -0.324 e. The van der Waals surface area contributed by atoms with Gasteiger partial charge in [0.25, 0.3) is 5.91 Å². The lowest BCUT2D eigenvalue weighted by molar-refractivity contribution is -0.130. The van der Waals surface area contributed by atoms with Crippen molar-refractivity contribution in [3.63, 3.8) is 0 Å². The second kappa shape index (κ2) is 4.13. The lowest BCUT2D eigenvalue weighted by atomic mass is 10.0. The van der Waals surface area contributed by atoms with Crippen molar-refractivity contribution in [1.82, 2.24) is 10.2 Å².